The zero-order chi connectivity index (χ0) is 18.8. The van der Waals surface area contributed by atoms with Gasteiger partial charge in [-0.2, -0.15) is 0 Å². The van der Waals surface area contributed by atoms with Crippen LogP contribution in [0.2, 0.25) is 0 Å². The largest absolute Gasteiger partial charge is 0.462 e. The molecule has 134 valence electrons. The molecule has 0 bridgehead atoms. The number of hydrogen-bond acceptors (Lipinski definition) is 4. The Morgan fingerprint density at radius 2 is 1.73 bits per heavy atom. The molecule has 0 radical (unpaired) electrons. The van der Waals surface area contributed by atoms with Crippen LogP contribution < -0.4 is 4.74 Å². The highest BCUT2D eigenvalue weighted by Crippen LogP contribution is 2.32. The zero-order valence-electron chi connectivity index (χ0n) is 15.3. The molecule has 0 aliphatic carbocycles. The molecular weight excluding hydrogens is 330 g/mol. The van der Waals surface area contributed by atoms with Gasteiger partial charge in [0.25, 0.3) is 0 Å². The Balaban J connectivity index is 2.27. The molecule has 0 amide bonds. The first kappa shape index (κ1) is 17.7. The number of aromatic nitrogens is 1. The third-order valence-corrected chi connectivity index (χ3v) is 4.21. The molecule has 3 aromatic rings. The molecule has 0 N–H and O–H groups in total. The number of esters is 2. The van der Waals surface area contributed by atoms with Crippen LogP contribution in [0.3, 0.4) is 0 Å². The maximum atomic E-state index is 12.6. The molecule has 0 saturated carbocycles. The number of fused-ring (bicyclic) bond motifs is 1. The summed E-state index contributed by atoms with van der Waals surface area (Å²) in [6.07, 6.45) is 0. The third kappa shape index (κ3) is 3.20. The van der Waals surface area contributed by atoms with E-state index >= 15 is 0 Å². The summed E-state index contributed by atoms with van der Waals surface area (Å²) in [5.41, 5.74) is 4.23. The van der Waals surface area contributed by atoms with Crippen LogP contribution in [0.1, 0.15) is 35.5 Å². The van der Waals surface area contributed by atoms with E-state index in [1.54, 1.807) is 19.1 Å². The van der Waals surface area contributed by atoms with Crippen molar-refractivity contribution >= 4 is 22.8 Å². The lowest BCUT2D eigenvalue weighted by Crippen LogP contribution is -2.07. The topological polar surface area (TPSA) is 57.5 Å². The molecule has 0 aliphatic rings. The van der Waals surface area contributed by atoms with Gasteiger partial charge in [-0.15, -0.1) is 0 Å². The van der Waals surface area contributed by atoms with Gasteiger partial charge in [0, 0.05) is 23.7 Å². The van der Waals surface area contributed by atoms with E-state index in [4.69, 9.17) is 9.47 Å². The van der Waals surface area contributed by atoms with E-state index in [9.17, 15) is 9.59 Å². The van der Waals surface area contributed by atoms with Crippen LogP contribution >= 0.6 is 0 Å². The first-order valence-electron chi connectivity index (χ1n) is 8.50. The number of nitrogens with zero attached hydrogens (tertiary/aromatic N) is 1. The highest BCUT2D eigenvalue weighted by molar-refractivity contribution is 6.07. The van der Waals surface area contributed by atoms with Crippen molar-refractivity contribution in [3.63, 3.8) is 0 Å². The van der Waals surface area contributed by atoms with Crippen LogP contribution in [0.15, 0.2) is 42.5 Å². The first-order chi connectivity index (χ1) is 12.4. The molecule has 0 atom stereocenters. The minimum Gasteiger partial charge on any atom is -0.462 e. The SMILES string of the molecule is CCOC(=O)c1c(C)n(-c2ccc(C)cc2)c2ccc(OC(C)=O)cc12. The summed E-state index contributed by atoms with van der Waals surface area (Å²) in [5, 5.41) is 0.695. The van der Waals surface area contributed by atoms with Crippen molar-refractivity contribution in [2.24, 2.45) is 0 Å². The normalized spacial score (nSPS) is 10.8. The summed E-state index contributed by atoms with van der Waals surface area (Å²) in [5.74, 6) is -0.394. The number of hydrogen-bond donors (Lipinski definition) is 0. The summed E-state index contributed by atoms with van der Waals surface area (Å²) >= 11 is 0. The van der Waals surface area contributed by atoms with Gasteiger partial charge in [0.05, 0.1) is 17.7 Å². The molecule has 0 aliphatic heterocycles. The smallest absolute Gasteiger partial charge is 0.340 e. The molecule has 2 aromatic carbocycles. The van der Waals surface area contributed by atoms with Gasteiger partial charge in [-0.05, 0) is 51.1 Å². The summed E-state index contributed by atoms with van der Waals surface area (Å²) < 4.78 is 12.4. The van der Waals surface area contributed by atoms with Crippen molar-refractivity contribution in [3.05, 3.63) is 59.3 Å². The van der Waals surface area contributed by atoms with Crippen molar-refractivity contribution in [2.45, 2.75) is 27.7 Å². The fourth-order valence-corrected chi connectivity index (χ4v) is 3.11. The average Bonchev–Trinajstić information content (AvgIpc) is 2.87. The maximum Gasteiger partial charge on any atom is 0.340 e. The number of ether oxygens (including phenoxy) is 2. The summed E-state index contributed by atoms with van der Waals surface area (Å²) in [7, 11) is 0. The van der Waals surface area contributed by atoms with Crippen molar-refractivity contribution in [1.82, 2.24) is 4.57 Å². The monoisotopic (exact) mass is 351 g/mol. The van der Waals surface area contributed by atoms with Crippen LogP contribution in [0.5, 0.6) is 5.75 Å². The second kappa shape index (κ2) is 7.04. The molecule has 0 spiro atoms. The fourth-order valence-electron chi connectivity index (χ4n) is 3.11. The molecule has 1 aromatic heterocycles. The average molecular weight is 351 g/mol. The minimum atomic E-state index is -0.406. The predicted octanol–water partition coefficient (Wildman–Crippen LogP) is 4.35. The Bertz CT molecular complexity index is 983. The Morgan fingerprint density at radius 1 is 1.04 bits per heavy atom. The summed E-state index contributed by atoms with van der Waals surface area (Å²) in [4.78, 5) is 23.8. The molecular formula is C21H21NO4. The molecule has 26 heavy (non-hydrogen) atoms. The lowest BCUT2D eigenvalue weighted by atomic mass is 10.1. The maximum absolute atomic E-state index is 12.6. The number of benzene rings is 2. The molecule has 5 nitrogen and oxygen atoms in total. The third-order valence-electron chi connectivity index (χ3n) is 4.21. The fraction of sp³-hybridized carbons (Fsp3) is 0.238. The predicted molar refractivity (Wildman–Crippen MR) is 100 cm³/mol. The van der Waals surface area contributed by atoms with E-state index in [0.717, 1.165) is 22.5 Å². The van der Waals surface area contributed by atoms with Gasteiger partial charge < -0.3 is 14.0 Å². The number of rotatable bonds is 4. The number of aryl methyl sites for hydroxylation is 1. The second-order valence-corrected chi connectivity index (χ2v) is 6.12. The van der Waals surface area contributed by atoms with Gasteiger partial charge in [0.15, 0.2) is 0 Å². The van der Waals surface area contributed by atoms with Crippen molar-refractivity contribution in [2.75, 3.05) is 6.61 Å². The van der Waals surface area contributed by atoms with Gasteiger partial charge in [0.2, 0.25) is 0 Å². The van der Waals surface area contributed by atoms with Crippen LogP contribution in [-0.2, 0) is 9.53 Å². The van der Waals surface area contributed by atoms with Gasteiger partial charge in [-0.3, -0.25) is 4.79 Å². The van der Waals surface area contributed by atoms with E-state index in [1.807, 2.05) is 48.7 Å². The van der Waals surface area contributed by atoms with E-state index in [2.05, 4.69) is 0 Å². The van der Waals surface area contributed by atoms with E-state index < -0.39 is 5.97 Å². The van der Waals surface area contributed by atoms with Crippen LogP contribution in [0, 0.1) is 13.8 Å². The van der Waals surface area contributed by atoms with Gasteiger partial charge in [-0.1, -0.05) is 17.7 Å². The van der Waals surface area contributed by atoms with Crippen LogP contribution in [-0.4, -0.2) is 23.1 Å². The molecule has 0 saturated heterocycles. The Kier molecular flexibility index (Phi) is 4.80. The highest BCUT2D eigenvalue weighted by Gasteiger charge is 2.22. The van der Waals surface area contributed by atoms with Crippen LogP contribution in [0.25, 0.3) is 16.6 Å². The van der Waals surface area contributed by atoms with Crippen molar-refractivity contribution in [3.8, 4) is 11.4 Å². The molecule has 3 rings (SSSR count). The summed E-state index contributed by atoms with van der Waals surface area (Å²) in [6, 6.07) is 13.4. The van der Waals surface area contributed by atoms with E-state index in [-0.39, 0.29) is 5.97 Å². The summed E-state index contributed by atoms with van der Waals surface area (Å²) in [6.45, 7) is 7.33. The quantitative estimate of drug-likeness (QED) is 0.518. The Hall–Kier alpha value is -3.08. The van der Waals surface area contributed by atoms with Gasteiger partial charge in [-0.25, -0.2) is 4.79 Å². The van der Waals surface area contributed by atoms with Gasteiger partial charge in [0.1, 0.15) is 5.75 Å². The van der Waals surface area contributed by atoms with Gasteiger partial charge >= 0.3 is 11.9 Å². The zero-order valence-corrected chi connectivity index (χ0v) is 15.3. The van der Waals surface area contributed by atoms with E-state index in [1.165, 1.54) is 6.92 Å². The lowest BCUT2D eigenvalue weighted by molar-refractivity contribution is -0.131. The molecule has 0 fully saturated rings. The van der Waals surface area contributed by atoms with Crippen molar-refractivity contribution in [1.29, 1.82) is 0 Å². The molecule has 5 heteroatoms. The Morgan fingerprint density at radius 3 is 2.35 bits per heavy atom. The molecule has 1 heterocycles. The van der Waals surface area contributed by atoms with E-state index in [0.29, 0.717) is 23.3 Å². The highest BCUT2D eigenvalue weighted by atomic mass is 16.5. The first-order valence-corrected chi connectivity index (χ1v) is 8.50. The molecule has 0 unspecified atom stereocenters. The van der Waals surface area contributed by atoms with Crippen molar-refractivity contribution < 1.29 is 19.1 Å². The lowest BCUT2D eigenvalue weighted by Gasteiger charge is -2.09. The minimum absolute atomic E-state index is 0.291. The standard InChI is InChI=1S/C21H21NO4/c1-5-25-21(24)20-14(3)22(16-8-6-13(2)7-9-16)19-11-10-17(12-18(19)20)26-15(4)23/h6-12H,5H2,1-4H3. The van der Waals surface area contributed by atoms with Crippen LogP contribution in [0.4, 0.5) is 0 Å². The Labute approximate surface area is 152 Å². The number of carbonyl (C=O) groups is 2. The second-order valence-electron chi connectivity index (χ2n) is 6.12. The number of carbonyl (C=O) groups excluding carboxylic acids is 2.